The van der Waals surface area contributed by atoms with Gasteiger partial charge in [0, 0.05) is 6.54 Å². The average molecular weight is 306 g/mol. The molecule has 2 N–H and O–H groups in total. The molecule has 0 aliphatic rings. The first kappa shape index (κ1) is 16.4. The second-order valence-corrected chi connectivity index (χ2v) is 6.81. The number of aryl methyl sites for hydroxylation is 1. The van der Waals surface area contributed by atoms with Crippen molar-refractivity contribution in [1.82, 2.24) is 4.72 Å². The molecule has 0 saturated carbocycles. The first-order valence-corrected chi connectivity index (χ1v) is 8.08. The minimum atomic E-state index is -3.69. The highest BCUT2D eigenvalue weighted by Gasteiger charge is 2.21. The summed E-state index contributed by atoms with van der Waals surface area (Å²) in [5, 5.41) is 10.0. The van der Waals surface area contributed by atoms with Gasteiger partial charge in [-0.05, 0) is 24.5 Å². The molecule has 1 aromatic carbocycles. The van der Waals surface area contributed by atoms with E-state index in [1.165, 1.54) is 6.07 Å². The van der Waals surface area contributed by atoms with Crippen LogP contribution in [0, 0.1) is 12.8 Å². The van der Waals surface area contributed by atoms with Crippen molar-refractivity contribution >= 4 is 21.6 Å². The summed E-state index contributed by atoms with van der Waals surface area (Å²) >= 11 is 6.00. The lowest BCUT2D eigenvalue weighted by atomic mass is 10.0. The Bertz CT molecular complexity index is 531. The third-order valence-electron chi connectivity index (χ3n) is 3.23. The van der Waals surface area contributed by atoms with Crippen molar-refractivity contribution in [2.45, 2.75) is 38.2 Å². The van der Waals surface area contributed by atoms with Crippen molar-refractivity contribution < 1.29 is 13.5 Å². The lowest BCUT2D eigenvalue weighted by Gasteiger charge is -2.18. The molecule has 0 fully saturated rings. The van der Waals surface area contributed by atoms with Gasteiger partial charge in [0.05, 0.1) is 11.1 Å². The first-order valence-electron chi connectivity index (χ1n) is 6.22. The number of nitrogens with one attached hydrogen (secondary N) is 1. The van der Waals surface area contributed by atoms with Crippen LogP contribution in [0.1, 0.15) is 25.8 Å². The van der Waals surface area contributed by atoms with Crippen LogP contribution in [0.25, 0.3) is 0 Å². The molecular weight excluding hydrogens is 286 g/mol. The standard InChI is InChI=1S/C13H20ClNO3S/c1-4-9(2)11(16)8-15-19(17,18)12-7-5-6-10(3)13(12)14/h5-7,9,11,15-16H,4,8H2,1-3H3. The highest BCUT2D eigenvalue weighted by atomic mass is 35.5. The van der Waals surface area contributed by atoms with Gasteiger partial charge in [-0.2, -0.15) is 0 Å². The van der Waals surface area contributed by atoms with Gasteiger partial charge in [-0.15, -0.1) is 0 Å². The third-order valence-corrected chi connectivity index (χ3v) is 5.31. The molecule has 0 radical (unpaired) electrons. The maximum atomic E-state index is 12.1. The zero-order valence-corrected chi connectivity index (χ0v) is 12.9. The molecule has 0 saturated heterocycles. The number of hydrogen-bond donors (Lipinski definition) is 2. The molecule has 4 nitrogen and oxygen atoms in total. The Labute approximate surface area is 119 Å². The van der Waals surface area contributed by atoms with E-state index in [0.29, 0.717) is 5.56 Å². The fourth-order valence-corrected chi connectivity index (χ4v) is 3.21. The fraction of sp³-hybridized carbons (Fsp3) is 0.538. The van der Waals surface area contributed by atoms with E-state index in [1.54, 1.807) is 19.1 Å². The Morgan fingerprint density at radius 3 is 2.63 bits per heavy atom. The minimum absolute atomic E-state index is 0.0123. The number of aliphatic hydroxyl groups excluding tert-OH is 1. The fourth-order valence-electron chi connectivity index (χ4n) is 1.57. The van der Waals surface area contributed by atoms with Crippen molar-refractivity contribution in [3.8, 4) is 0 Å². The van der Waals surface area contributed by atoms with Crippen molar-refractivity contribution in [1.29, 1.82) is 0 Å². The molecule has 0 aliphatic heterocycles. The topological polar surface area (TPSA) is 66.4 Å². The summed E-state index contributed by atoms with van der Waals surface area (Å²) in [6, 6.07) is 4.84. The summed E-state index contributed by atoms with van der Waals surface area (Å²) in [6.07, 6.45) is 0.0806. The Balaban J connectivity index is 2.85. The monoisotopic (exact) mass is 305 g/mol. The molecule has 0 aliphatic carbocycles. The maximum absolute atomic E-state index is 12.1. The number of benzene rings is 1. The van der Waals surface area contributed by atoms with Crippen molar-refractivity contribution in [2.75, 3.05) is 6.54 Å². The number of rotatable bonds is 6. The average Bonchev–Trinajstić information content (AvgIpc) is 2.38. The summed E-state index contributed by atoms with van der Waals surface area (Å²) in [5.41, 5.74) is 0.701. The van der Waals surface area contributed by atoms with E-state index in [1.807, 2.05) is 13.8 Å². The van der Waals surface area contributed by atoms with Gasteiger partial charge < -0.3 is 5.11 Å². The zero-order chi connectivity index (χ0) is 14.6. The van der Waals surface area contributed by atoms with E-state index in [0.717, 1.165) is 6.42 Å². The Kier molecular flexibility index (Phi) is 5.80. The van der Waals surface area contributed by atoms with Crippen LogP contribution in [-0.2, 0) is 10.0 Å². The minimum Gasteiger partial charge on any atom is -0.391 e. The van der Waals surface area contributed by atoms with Crippen LogP contribution in [0.3, 0.4) is 0 Å². The maximum Gasteiger partial charge on any atom is 0.242 e. The molecule has 2 unspecified atom stereocenters. The Morgan fingerprint density at radius 1 is 1.42 bits per heavy atom. The smallest absolute Gasteiger partial charge is 0.242 e. The van der Waals surface area contributed by atoms with Crippen LogP contribution in [-0.4, -0.2) is 26.2 Å². The van der Waals surface area contributed by atoms with Crippen LogP contribution < -0.4 is 4.72 Å². The van der Waals surface area contributed by atoms with E-state index in [4.69, 9.17) is 11.6 Å². The van der Waals surface area contributed by atoms with Gasteiger partial charge in [-0.25, -0.2) is 13.1 Å². The van der Waals surface area contributed by atoms with Crippen LogP contribution in [0.2, 0.25) is 5.02 Å². The van der Waals surface area contributed by atoms with Crippen LogP contribution >= 0.6 is 11.6 Å². The molecule has 1 rings (SSSR count). The first-order chi connectivity index (χ1) is 8.79. The number of aliphatic hydroxyl groups is 1. The quantitative estimate of drug-likeness (QED) is 0.847. The van der Waals surface area contributed by atoms with E-state index in [2.05, 4.69) is 4.72 Å². The largest absolute Gasteiger partial charge is 0.391 e. The molecular formula is C13H20ClNO3S. The lowest BCUT2D eigenvalue weighted by Crippen LogP contribution is -2.35. The molecule has 19 heavy (non-hydrogen) atoms. The molecule has 108 valence electrons. The predicted molar refractivity (Wildman–Crippen MR) is 76.8 cm³/mol. The molecule has 0 spiro atoms. The molecule has 6 heteroatoms. The van der Waals surface area contributed by atoms with Crippen molar-refractivity contribution in [3.63, 3.8) is 0 Å². The molecule has 2 atom stereocenters. The van der Waals surface area contributed by atoms with Gasteiger partial charge >= 0.3 is 0 Å². The lowest BCUT2D eigenvalue weighted by molar-refractivity contribution is 0.118. The van der Waals surface area contributed by atoms with Crippen molar-refractivity contribution in [2.24, 2.45) is 5.92 Å². The number of sulfonamides is 1. The van der Waals surface area contributed by atoms with Crippen molar-refractivity contribution in [3.05, 3.63) is 28.8 Å². The van der Waals surface area contributed by atoms with E-state index >= 15 is 0 Å². The third kappa shape index (κ3) is 4.18. The summed E-state index contributed by atoms with van der Waals surface area (Å²) in [4.78, 5) is 0.0468. The van der Waals surface area contributed by atoms with Gasteiger partial charge in [0.1, 0.15) is 4.90 Å². The second-order valence-electron chi connectivity index (χ2n) is 4.69. The zero-order valence-electron chi connectivity index (χ0n) is 11.4. The van der Waals surface area contributed by atoms with Crippen LogP contribution in [0.4, 0.5) is 0 Å². The number of halogens is 1. The molecule has 1 aromatic rings. The van der Waals surface area contributed by atoms with Gasteiger partial charge in [0.25, 0.3) is 0 Å². The predicted octanol–water partition coefficient (Wildman–Crippen LogP) is 2.33. The summed E-state index contributed by atoms with van der Waals surface area (Å²) in [6.45, 7) is 5.55. The summed E-state index contributed by atoms with van der Waals surface area (Å²) in [5.74, 6) is 0.0377. The molecule has 0 amide bonds. The Morgan fingerprint density at radius 2 is 2.05 bits per heavy atom. The normalized spacial score (nSPS) is 15.2. The second kappa shape index (κ2) is 6.70. The van der Waals surface area contributed by atoms with E-state index < -0.39 is 16.1 Å². The van der Waals surface area contributed by atoms with E-state index in [9.17, 15) is 13.5 Å². The van der Waals surface area contributed by atoms with Gasteiger partial charge in [0.2, 0.25) is 10.0 Å². The SMILES string of the molecule is CCC(C)C(O)CNS(=O)(=O)c1cccc(C)c1Cl. The molecule has 0 heterocycles. The molecule has 0 bridgehead atoms. The molecule has 0 aromatic heterocycles. The highest BCUT2D eigenvalue weighted by molar-refractivity contribution is 7.89. The summed E-state index contributed by atoms with van der Waals surface area (Å²) in [7, 11) is -3.69. The number of hydrogen-bond acceptors (Lipinski definition) is 3. The van der Waals surface area contributed by atoms with Gasteiger partial charge in [0.15, 0.2) is 0 Å². The summed E-state index contributed by atoms with van der Waals surface area (Å²) < 4.78 is 26.6. The van der Waals surface area contributed by atoms with E-state index in [-0.39, 0.29) is 22.4 Å². The van der Waals surface area contributed by atoms with Crippen LogP contribution in [0.5, 0.6) is 0 Å². The van der Waals surface area contributed by atoms with Crippen LogP contribution in [0.15, 0.2) is 23.1 Å². The van der Waals surface area contributed by atoms with Gasteiger partial charge in [-0.3, -0.25) is 0 Å². The van der Waals surface area contributed by atoms with Gasteiger partial charge in [-0.1, -0.05) is 44.0 Å². The Hall–Kier alpha value is -0.620. The highest BCUT2D eigenvalue weighted by Crippen LogP contribution is 2.24.